The zero-order valence-electron chi connectivity index (χ0n) is 13.4. The summed E-state index contributed by atoms with van der Waals surface area (Å²) < 4.78 is 1.57. The maximum atomic E-state index is 6.11. The molecule has 1 aromatic heterocycles. The third kappa shape index (κ3) is 2.99. The number of nitrogens with two attached hydrogens (primary N) is 1. The average Bonchev–Trinajstić information content (AvgIpc) is 2.74. The SMILES string of the molecule is Cc1cn(N=Cc2c(C)c(C)c(C(Cl)Cl)c(C)c2C)c(N)n1. The second-order valence-corrected chi connectivity index (χ2v) is 6.55. The lowest BCUT2D eigenvalue weighted by molar-refractivity contribution is 0.896. The number of aryl methyl sites for hydroxylation is 1. The summed E-state index contributed by atoms with van der Waals surface area (Å²) >= 11 is 12.2. The zero-order valence-corrected chi connectivity index (χ0v) is 14.9. The van der Waals surface area contributed by atoms with Crippen molar-refractivity contribution in [2.45, 2.75) is 39.5 Å². The van der Waals surface area contributed by atoms with Gasteiger partial charge < -0.3 is 5.73 Å². The quantitative estimate of drug-likeness (QED) is 0.667. The number of nitrogens with zero attached hydrogens (tertiary/aromatic N) is 3. The van der Waals surface area contributed by atoms with Crippen LogP contribution in [0.4, 0.5) is 5.95 Å². The number of hydrogen-bond donors (Lipinski definition) is 1. The molecule has 0 fully saturated rings. The van der Waals surface area contributed by atoms with E-state index < -0.39 is 4.84 Å². The Bertz CT molecular complexity index is 716. The van der Waals surface area contributed by atoms with Crippen molar-refractivity contribution in [1.82, 2.24) is 9.66 Å². The van der Waals surface area contributed by atoms with Gasteiger partial charge in [-0.3, -0.25) is 0 Å². The highest BCUT2D eigenvalue weighted by molar-refractivity contribution is 6.44. The summed E-state index contributed by atoms with van der Waals surface area (Å²) in [5.74, 6) is 0.371. The van der Waals surface area contributed by atoms with E-state index in [4.69, 9.17) is 28.9 Å². The predicted octanol–water partition coefficient (Wildman–Crippen LogP) is 4.37. The van der Waals surface area contributed by atoms with Crippen molar-refractivity contribution >= 4 is 35.4 Å². The van der Waals surface area contributed by atoms with Gasteiger partial charge in [0.15, 0.2) is 0 Å². The van der Waals surface area contributed by atoms with Crippen molar-refractivity contribution in [2.75, 3.05) is 5.73 Å². The molecule has 0 radical (unpaired) electrons. The van der Waals surface area contributed by atoms with Crippen LogP contribution in [0.2, 0.25) is 0 Å². The Morgan fingerprint density at radius 3 is 2.05 bits per heavy atom. The fraction of sp³-hybridized carbons (Fsp3) is 0.375. The first-order valence-corrected chi connectivity index (χ1v) is 7.85. The van der Waals surface area contributed by atoms with E-state index in [-0.39, 0.29) is 0 Å². The van der Waals surface area contributed by atoms with Crippen LogP contribution in [0.25, 0.3) is 0 Å². The van der Waals surface area contributed by atoms with Gasteiger partial charge in [0.2, 0.25) is 5.95 Å². The van der Waals surface area contributed by atoms with Gasteiger partial charge >= 0.3 is 0 Å². The Morgan fingerprint density at radius 1 is 1.09 bits per heavy atom. The third-order valence-electron chi connectivity index (χ3n) is 4.11. The van der Waals surface area contributed by atoms with Crippen LogP contribution >= 0.6 is 23.2 Å². The summed E-state index contributed by atoms with van der Waals surface area (Å²) in [6.07, 6.45) is 3.60. The maximum absolute atomic E-state index is 6.11. The lowest BCUT2D eigenvalue weighted by atomic mass is 9.90. The summed E-state index contributed by atoms with van der Waals surface area (Å²) in [5, 5.41) is 4.41. The van der Waals surface area contributed by atoms with E-state index in [9.17, 15) is 0 Å². The Labute approximate surface area is 140 Å². The molecular weight excluding hydrogens is 319 g/mol. The molecule has 0 amide bonds. The summed E-state index contributed by atoms with van der Waals surface area (Å²) in [4.78, 5) is 3.60. The van der Waals surface area contributed by atoms with Crippen LogP contribution in [0.5, 0.6) is 0 Å². The maximum Gasteiger partial charge on any atom is 0.221 e. The number of halogens is 2. The van der Waals surface area contributed by atoms with E-state index in [0.717, 1.165) is 39.1 Å². The summed E-state index contributed by atoms with van der Waals surface area (Å²) in [7, 11) is 0. The number of benzene rings is 1. The van der Waals surface area contributed by atoms with E-state index in [2.05, 4.69) is 10.1 Å². The average molecular weight is 339 g/mol. The van der Waals surface area contributed by atoms with Gasteiger partial charge in [0.1, 0.15) is 4.84 Å². The molecule has 0 saturated heterocycles. The fourth-order valence-corrected chi connectivity index (χ4v) is 3.26. The molecule has 2 aromatic rings. The van der Waals surface area contributed by atoms with Crippen LogP contribution in [0, 0.1) is 34.6 Å². The molecule has 0 spiro atoms. The minimum Gasteiger partial charge on any atom is -0.368 e. The minimum atomic E-state index is -0.532. The van der Waals surface area contributed by atoms with Crippen molar-refractivity contribution in [2.24, 2.45) is 5.10 Å². The molecule has 2 N–H and O–H groups in total. The van der Waals surface area contributed by atoms with Crippen molar-refractivity contribution in [3.63, 3.8) is 0 Å². The summed E-state index contributed by atoms with van der Waals surface area (Å²) in [5.41, 5.74) is 13.1. The van der Waals surface area contributed by atoms with Gasteiger partial charge in [-0.1, -0.05) is 0 Å². The van der Waals surface area contributed by atoms with E-state index in [0.29, 0.717) is 5.95 Å². The lowest BCUT2D eigenvalue weighted by Crippen LogP contribution is -2.06. The molecule has 0 atom stereocenters. The molecule has 1 aromatic carbocycles. The first-order valence-electron chi connectivity index (χ1n) is 6.98. The molecule has 6 heteroatoms. The van der Waals surface area contributed by atoms with Crippen LogP contribution in [0.1, 0.15) is 43.9 Å². The topological polar surface area (TPSA) is 56.2 Å². The number of aromatic nitrogens is 2. The Morgan fingerprint density at radius 2 is 1.64 bits per heavy atom. The largest absolute Gasteiger partial charge is 0.368 e. The number of nitrogen functional groups attached to an aromatic ring is 1. The summed E-state index contributed by atoms with van der Waals surface area (Å²) in [6, 6.07) is 0. The highest BCUT2D eigenvalue weighted by Gasteiger charge is 2.18. The molecular formula is C16H20Cl2N4. The molecule has 22 heavy (non-hydrogen) atoms. The molecule has 0 aliphatic heterocycles. The first kappa shape index (κ1) is 16.8. The third-order valence-corrected chi connectivity index (χ3v) is 4.54. The van der Waals surface area contributed by atoms with Crippen LogP contribution in [-0.4, -0.2) is 15.9 Å². The Balaban J connectivity index is 2.55. The molecule has 0 unspecified atom stereocenters. The van der Waals surface area contributed by atoms with E-state index in [1.807, 2.05) is 40.8 Å². The Hall–Kier alpha value is -1.52. The van der Waals surface area contributed by atoms with E-state index >= 15 is 0 Å². The number of imidazole rings is 1. The lowest BCUT2D eigenvalue weighted by Gasteiger charge is -2.19. The van der Waals surface area contributed by atoms with Crippen LogP contribution in [0.3, 0.4) is 0 Å². The highest BCUT2D eigenvalue weighted by Crippen LogP contribution is 2.35. The van der Waals surface area contributed by atoms with Gasteiger partial charge in [-0.05, 0) is 62.4 Å². The fourth-order valence-electron chi connectivity index (χ4n) is 2.61. The predicted molar refractivity (Wildman–Crippen MR) is 94.2 cm³/mol. The molecule has 0 aliphatic rings. The van der Waals surface area contributed by atoms with Gasteiger partial charge in [-0.15, -0.1) is 23.2 Å². The van der Waals surface area contributed by atoms with Crippen molar-refractivity contribution < 1.29 is 0 Å². The smallest absolute Gasteiger partial charge is 0.221 e. The van der Waals surface area contributed by atoms with Crippen LogP contribution < -0.4 is 5.73 Å². The number of hydrogen-bond acceptors (Lipinski definition) is 3. The molecule has 118 valence electrons. The molecule has 0 bridgehead atoms. The number of alkyl halides is 2. The van der Waals surface area contributed by atoms with Crippen LogP contribution in [-0.2, 0) is 0 Å². The van der Waals surface area contributed by atoms with Crippen molar-refractivity contribution in [3.8, 4) is 0 Å². The molecule has 0 aliphatic carbocycles. The van der Waals surface area contributed by atoms with Gasteiger partial charge in [0.25, 0.3) is 0 Å². The summed E-state index contributed by atoms with van der Waals surface area (Å²) in [6.45, 7) is 10.0. The zero-order chi connectivity index (χ0) is 16.6. The van der Waals surface area contributed by atoms with Gasteiger partial charge in [-0.25, -0.2) is 9.66 Å². The number of anilines is 1. The van der Waals surface area contributed by atoms with E-state index in [1.165, 1.54) is 0 Å². The monoisotopic (exact) mass is 338 g/mol. The van der Waals surface area contributed by atoms with Crippen molar-refractivity contribution in [3.05, 3.63) is 45.3 Å². The molecule has 0 saturated carbocycles. The van der Waals surface area contributed by atoms with Crippen molar-refractivity contribution in [1.29, 1.82) is 0 Å². The standard InChI is InChI=1S/C16H20Cl2N4/c1-8-7-22(16(19)21-8)20-6-13-9(2)11(4)14(15(17)18)12(5)10(13)3/h6-7,15H,1-5H3,(H2,19,21). The second-order valence-electron chi connectivity index (χ2n) is 5.46. The van der Waals surface area contributed by atoms with Gasteiger partial charge in [-0.2, -0.15) is 5.10 Å². The normalized spacial score (nSPS) is 11.8. The van der Waals surface area contributed by atoms with E-state index in [1.54, 1.807) is 10.9 Å². The van der Waals surface area contributed by atoms with Gasteiger partial charge in [0.05, 0.1) is 18.1 Å². The van der Waals surface area contributed by atoms with Gasteiger partial charge in [0, 0.05) is 5.56 Å². The molecule has 2 rings (SSSR count). The minimum absolute atomic E-state index is 0.371. The first-order chi connectivity index (χ1) is 10.2. The van der Waals surface area contributed by atoms with Crippen LogP contribution in [0.15, 0.2) is 11.3 Å². The Kier molecular flexibility index (Phi) is 4.83. The number of rotatable bonds is 3. The molecule has 1 heterocycles. The highest BCUT2D eigenvalue weighted by atomic mass is 35.5. The molecule has 4 nitrogen and oxygen atoms in total. The second kappa shape index (κ2) is 6.31.